The molecule has 0 bridgehead atoms. The van der Waals surface area contributed by atoms with E-state index in [1.165, 1.54) is 23.1 Å². The number of urea groups is 1. The number of fused-ring (bicyclic) bond motifs is 2. The summed E-state index contributed by atoms with van der Waals surface area (Å²) in [6, 6.07) is 30.1. The van der Waals surface area contributed by atoms with Crippen molar-refractivity contribution in [2.75, 3.05) is 15.5 Å². The smallest absolute Gasteiger partial charge is 0.307 e. The molecular formula is C36H26Cl2N4O2S3. The molecule has 3 atom stereocenters. The molecule has 47 heavy (non-hydrogen) atoms. The Kier molecular flexibility index (Phi) is 9.42. The fourth-order valence-electron chi connectivity index (χ4n) is 5.42. The fraction of sp³-hybridized carbons (Fsp3) is 0.0833. The molecule has 1 aliphatic carbocycles. The molecule has 4 aromatic carbocycles. The lowest BCUT2D eigenvalue weighted by atomic mass is 10.1. The first kappa shape index (κ1) is 31.6. The van der Waals surface area contributed by atoms with E-state index in [0.717, 1.165) is 26.6 Å². The molecule has 2 aliphatic rings. The van der Waals surface area contributed by atoms with E-state index in [1.807, 2.05) is 107 Å². The maximum Gasteiger partial charge on any atom is 0.326 e. The number of carbonyl (C=O) groups excluding carboxylic acids is 2. The first-order chi connectivity index (χ1) is 22.9. The highest BCUT2D eigenvalue weighted by Gasteiger charge is 2.36. The zero-order valence-corrected chi connectivity index (χ0v) is 28.5. The lowest BCUT2D eigenvalue weighted by Crippen LogP contribution is -2.49. The molecule has 5 aromatic rings. The van der Waals surface area contributed by atoms with Crippen molar-refractivity contribution in [3.63, 3.8) is 0 Å². The predicted molar refractivity (Wildman–Crippen MR) is 197 cm³/mol. The number of anilines is 3. The second-order valence-electron chi connectivity index (χ2n) is 10.7. The van der Waals surface area contributed by atoms with Gasteiger partial charge < -0.3 is 10.6 Å². The second-order valence-corrected chi connectivity index (χ2v) is 14.8. The standard InChI is InChI=1S/C36H26Cl2N4O2S3/c37-23-17-18-26(27(38)19-23)28-21-45-35(40-28)41-34(43)33(22-9-2-1-3-10-22)46-25-12-8-11-24(20-25)39-36(44)42-29-13-4-6-15-31(29)47-32-16-7-5-14-30(32)42/h1-21,29,31,33H,(H,39,44)(H,40,41,43). The Morgan fingerprint density at radius 3 is 2.53 bits per heavy atom. The zero-order chi connectivity index (χ0) is 32.3. The van der Waals surface area contributed by atoms with Gasteiger partial charge in [0.2, 0.25) is 5.91 Å². The molecule has 11 heteroatoms. The van der Waals surface area contributed by atoms with Crippen molar-refractivity contribution in [3.05, 3.63) is 142 Å². The molecule has 7 rings (SSSR count). The van der Waals surface area contributed by atoms with Crippen LogP contribution < -0.4 is 15.5 Å². The highest BCUT2D eigenvalue weighted by atomic mass is 35.5. The minimum absolute atomic E-state index is 0.106. The van der Waals surface area contributed by atoms with E-state index in [2.05, 4.69) is 27.8 Å². The molecular weight excluding hydrogens is 688 g/mol. The molecule has 1 aromatic heterocycles. The minimum Gasteiger partial charge on any atom is -0.307 e. The second kappa shape index (κ2) is 14.0. The Labute approximate surface area is 294 Å². The van der Waals surface area contributed by atoms with Crippen LogP contribution >= 0.6 is 58.1 Å². The Morgan fingerprint density at radius 1 is 0.872 bits per heavy atom. The molecule has 3 amide bonds. The van der Waals surface area contributed by atoms with E-state index in [4.69, 9.17) is 23.2 Å². The van der Waals surface area contributed by atoms with Crippen LogP contribution in [0, 0.1) is 0 Å². The van der Waals surface area contributed by atoms with Crippen molar-refractivity contribution >= 4 is 86.5 Å². The summed E-state index contributed by atoms with van der Waals surface area (Å²) in [5, 5.41) is 8.99. The number of para-hydroxylation sites is 1. The summed E-state index contributed by atoms with van der Waals surface area (Å²) in [6.07, 6.45) is 8.22. The van der Waals surface area contributed by atoms with Gasteiger partial charge in [-0.05, 0) is 54.1 Å². The summed E-state index contributed by atoms with van der Waals surface area (Å²) < 4.78 is 0. The molecule has 6 nitrogen and oxygen atoms in total. The third kappa shape index (κ3) is 7.00. The number of hydrogen-bond donors (Lipinski definition) is 2. The number of rotatable bonds is 7. The number of allylic oxidation sites excluding steroid dienone is 2. The van der Waals surface area contributed by atoms with E-state index in [-0.39, 0.29) is 23.2 Å². The van der Waals surface area contributed by atoms with Gasteiger partial charge in [-0.1, -0.05) is 96.0 Å². The van der Waals surface area contributed by atoms with Crippen LogP contribution in [0.25, 0.3) is 11.3 Å². The van der Waals surface area contributed by atoms with Crippen molar-refractivity contribution in [2.24, 2.45) is 0 Å². The van der Waals surface area contributed by atoms with Crippen molar-refractivity contribution < 1.29 is 9.59 Å². The number of nitrogens with one attached hydrogen (secondary N) is 2. The van der Waals surface area contributed by atoms with E-state index in [9.17, 15) is 9.59 Å². The van der Waals surface area contributed by atoms with Crippen LogP contribution in [-0.4, -0.2) is 28.2 Å². The monoisotopic (exact) mass is 712 g/mol. The topological polar surface area (TPSA) is 74.3 Å². The normalized spacial score (nSPS) is 17.0. The van der Waals surface area contributed by atoms with Crippen LogP contribution in [0.2, 0.25) is 10.0 Å². The third-order valence-electron chi connectivity index (χ3n) is 7.58. The quantitative estimate of drug-likeness (QED) is 0.164. The lowest BCUT2D eigenvalue weighted by Gasteiger charge is -2.40. The molecule has 0 spiro atoms. The Hall–Kier alpha value is -3.99. The van der Waals surface area contributed by atoms with Gasteiger partial charge in [-0.3, -0.25) is 9.69 Å². The Bertz CT molecular complexity index is 2020. The minimum atomic E-state index is -0.584. The first-order valence-electron chi connectivity index (χ1n) is 14.7. The first-order valence-corrected chi connectivity index (χ1v) is 18.1. The summed E-state index contributed by atoms with van der Waals surface area (Å²) in [6.45, 7) is 0. The lowest BCUT2D eigenvalue weighted by molar-refractivity contribution is -0.115. The SMILES string of the molecule is O=C(Nc1nc(-c2ccc(Cl)cc2Cl)cs1)C(Sc1cccc(NC(=O)N2c3ccccc3SC3C=CC=CC32)c1)c1ccccc1. The predicted octanol–water partition coefficient (Wildman–Crippen LogP) is 10.6. The number of thiazole rings is 1. The van der Waals surface area contributed by atoms with Gasteiger partial charge in [0, 0.05) is 31.4 Å². The Balaban J connectivity index is 1.10. The molecule has 3 unspecified atom stereocenters. The summed E-state index contributed by atoms with van der Waals surface area (Å²) >= 11 is 16.9. The third-order valence-corrected chi connectivity index (χ3v) is 11.4. The maximum atomic E-state index is 13.8. The number of benzene rings is 4. The summed E-state index contributed by atoms with van der Waals surface area (Å²) in [7, 11) is 0. The highest BCUT2D eigenvalue weighted by Crippen LogP contribution is 2.44. The summed E-state index contributed by atoms with van der Waals surface area (Å²) in [5.41, 5.74) is 3.75. The summed E-state index contributed by atoms with van der Waals surface area (Å²) in [4.78, 5) is 36.0. The average molecular weight is 714 g/mol. The molecule has 0 saturated heterocycles. The van der Waals surface area contributed by atoms with Crippen molar-refractivity contribution in [1.82, 2.24) is 4.98 Å². The molecule has 1 aliphatic heterocycles. The number of halogens is 2. The number of hydrogen-bond acceptors (Lipinski definition) is 6. The van der Waals surface area contributed by atoms with Crippen LogP contribution in [0.15, 0.2) is 137 Å². The van der Waals surface area contributed by atoms with Gasteiger partial charge in [0.05, 0.1) is 27.7 Å². The molecule has 234 valence electrons. The number of aromatic nitrogens is 1. The van der Waals surface area contributed by atoms with Gasteiger partial charge in [-0.25, -0.2) is 9.78 Å². The van der Waals surface area contributed by atoms with Crippen LogP contribution in [0.1, 0.15) is 10.8 Å². The van der Waals surface area contributed by atoms with E-state index >= 15 is 0 Å². The van der Waals surface area contributed by atoms with Gasteiger partial charge in [0.1, 0.15) is 5.25 Å². The number of amides is 3. The van der Waals surface area contributed by atoms with Gasteiger partial charge in [0.15, 0.2) is 5.13 Å². The zero-order valence-electron chi connectivity index (χ0n) is 24.5. The largest absolute Gasteiger partial charge is 0.326 e. The van der Waals surface area contributed by atoms with E-state index in [0.29, 0.717) is 26.6 Å². The molecule has 0 fully saturated rings. The molecule has 0 saturated carbocycles. The van der Waals surface area contributed by atoms with E-state index in [1.54, 1.807) is 23.9 Å². The van der Waals surface area contributed by atoms with Crippen molar-refractivity contribution in [2.45, 2.75) is 26.3 Å². The molecule has 0 radical (unpaired) electrons. The van der Waals surface area contributed by atoms with Gasteiger partial charge >= 0.3 is 6.03 Å². The number of nitrogens with zero attached hydrogens (tertiary/aromatic N) is 2. The van der Waals surface area contributed by atoms with E-state index < -0.39 is 5.25 Å². The van der Waals surface area contributed by atoms with Gasteiger partial charge in [0.25, 0.3) is 0 Å². The Morgan fingerprint density at radius 2 is 1.68 bits per heavy atom. The van der Waals surface area contributed by atoms with Gasteiger partial charge in [-0.2, -0.15) is 0 Å². The van der Waals surface area contributed by atoms with Crippen LogP contribution in [0.4, 0.5) is 21.3 Å². The van der Waals surface area contributed by atoms with Crippen LogP contribution in [-0.2, 0) is 4.79 Å². The van der Waals surface area contributed by atoms with Crippen molar-refractivity contribution in [3.8, 4) is 11.3 Å². The average Bonchev–Trinajstić information content (AvgIpc) is 3.54. The number of carbonyl (C=O) groups is 2. The fourth-order valence-corrected chi connectivity index (χ4v) is 8.98. The highest BCUT2D eigenvalue weighted by molar-refractivity contribution is 8.00. The van der Waals surface area contributed by atoms with Crippen molar-refractivity contribution in [1.29, 1.82) is 0 Å². The van der Waals surface area contributed by atoms with Gasteiger partial charge in [-0.15, -0.1) is 34.9 Å². The van der Waals surface area contributed by atoms with Crippen LogP contribution in [0.5, 0.6) is 0 Å². The maximum absolute atomic E-state index is 13.8. The number of thioether (sulfide) groups is 2. The summed E-state index contributed by atoms with van der Waals surface area (Å²) in [5.74, 6) is -0.218. The molecule has 2 heterocycles. The molecule has 2 N–H and O–H groups in total. The van der Waals surface area contributed by atoms with Crippen LogP contribution in [0.3, 0.4) is 0 Å².